The van der Waals surface area contributed by atoms with Crippen molar-refractivity contribution >= 4 is 0 Å². The van der Waals surface area contributed by atoms with Crippen LogP contribution >= 0.6 is 0 Å². The van der Waals surface area contributed by atoms with Crippen molar-refractivity contribution in [3.8, 4) is 0 Å². The lowest BCUT2D eigenvalue weighted by Crippen LogP contribution is -2.62. The van der Waals surface area contributed by atoms with Crippen LogP contribution in [-0.2, 0) is 0 Å². The third-order valence-electron chi connectivity index (χ3n) is 11.4. The highest BCUT2D eigenvalue weighted by Crippen LogP contribution is 2.68. The highest BCUT2D eigenvalue weighted by molar-refractivity contribution is 5.14. The molecule has 4 fully saturated rings. The molecule has 4 saturated carbocycles. The monoisotopic (exact) mass is 452 g/mol. The topological polar surface area (TPSA) is 101 Å². The van der Waals surface area contributed by atoms with Crippen molar-refractivity contribution in [2.75, 3.05) is 6.61 Å². The number of hydrogen-bond donors (Lipinski definition) is 5. The number of aliphatic hydroxyl groups is 5. The fourth-order valence-electron chi connectivity index (χ4n) is 9.17. The van der Waals surface area contributed by atoms with Gasteiger partial charge in [-0.25, -0.2) is 0 Å². The minimum Gasteiger partial charge on any atom is -0.396 e. The average Bonchev–Trinajstić information content (AvgIpc) is 3.11. The molecule has 0 aromatic rings. The first-order chi connectivity index (χ1) is 15.0. The van der Waals surface area contributed by atoms with Gasteiger partial charge in [-0.1, -0.05) is 27.7 Å². The summed E-state index contributed by atoms with van der Waals surface area (Å²) in [6.45, 7) is 8.82. The quantitative estimate of drug-likeness (QED) is 0.425. The standard InChI is InChI=1S/C27H48O5/c1-15(5-8-22(30)16(2)14-28)19-6-7-20-25-21(13-24(32)27(19,20)4)26(3)10-9-18(29)11-17(26)12-23(25)31/h15-25,28-32H,5-14H2,1-4H3/t15-,16-,17-,18-,19-,20+,21+,22-,23-,24+,25+,26+,27-/m1/s1. The van der Waals surface area contributed by atoms with E-state index < -0.39 is 6.10 Å². The Morgan fingerprint density at radius 1 is 0.906 bits per heavy atom. The number of aliphatic hydroxyl groups excluding tert-OH is 5. The van der Waals surface area contributed by atoms with Crippen molar-refractivity contribution in [2.45, 2.75) is 110 Å². The predicted octanol–water partition coefficient (Wildman–Crippen LogP) is 3.35. The molecule has 0 amide bonds. The molecule has 0 unspecified atom stereocenters. The summed E-state index contributed by atoms with van der Waals surface area (Å²) in [5, 5.41) is 52.9. The first-order valence-electron chi connectivity index (χ1n) is 13.4. The summed E-state index contributed by atoms with van der Waals surface area (Å²) >= 11 is 0. The van der Waals surface area contributed by atoms with E-state index in [0.29, 0.717) is 36.0 Å². The zero-order valence-corrected chi connectivity index (χ0v) is 20.7. The molecule has 0 saturated heterocycles. The van der Waals surface area contributed by atoms with E-state index in [1.165, 1.54) is 0 Å². The highest BCUT2D eigenvalue weighted by atomic mass is 16.3. The van der Waals surface area contributed by atoms with E-state index in [1.54, 1.807) is 0 Å². The maximum atomic E-state index is 11.6. The van der Waals surface area contributed by atoms with Gasteiger partial charge in [0.05, 0.1) is 24.4 Å². The van der Waals surface area contributed by atoms with Crippen molar-refractivity contribution in [3.05, 3.63) is 0 Å². The summed E-state index contributed by atoms with van der Waals surface area (Å²) in [6, 6.07) is 0. The number of hydrogen-bond acceptors (Lipinski definition) is 5. The van der Waals surface area contributed by atoms with Crippen LogP contribution in [-0.4, -0.2) is 56.6 Å². The third-order valence-corrected chi connectivity index (χ3v) is 11.4. The maximum Gasteiger partial charge on any atom is 0.0602 e. The maximum absolute atomic E-state index is 11.6. The lowest BCUT2D eigenvalue weighted by Gasteiger charge is -2.63. The van der Waals surface area contributed by atoms with Gasteiger partial charge in [-0.15, -0.1) is 0 Å². The predicted molar refractivity (Wildman–Crippen MR) is 125 cm³/mol. The van der Waals surface area contributed by atoms with Gasteiger partial charge in [0.25, 0.3) is 0 Å². The van der Waals surface area contributed by atoms with E-state index >= 15 is 0 Å². The second-order valence-electron chi connectivity index (χ2n) is 12.8. The van der Waals surface area contributed by atoms with E-state index in [9.17, 15) is 25.5 Å². The SMILES string of the molecule is C[C@H](CO)[C@H](O)CC[C@@H](C)[C@H]1CC[C@H]2[C@@H]3[C@H](O)C[C@H]4C[C@H](O)CC[C@]4(C)[C@H]3C[C@H](O)[C@]12C. The molecule has 5 heteroatoms. The summed E-state index contributed by atoms with van der Waals surface area (Å²) in [5.41, 5.74) is -0.0772. The van der Waals surface area contributed by atoms with Crippen LogP contribution in [0.4, 0.5) is 0 Å². The van der Waals surface area contributed by atoms with E-state index in [2.05, 4.69) is 20.8 Å². The van der Waals surface area contributed by atoms with E-state index in [1.807, 2.05) is 6.92 Å². The second-order valence-corrected chi connectivity index (χ2v) is 12.8. The molecule has 32 heavy (non-hydrogen) atoms. The summed E-state index contributed by atoms with van der Waals surface area (Å²) < 4.78 is 0. The molecule has 13 atom stereocenters. The summed E-state index contributed by atoms with van der Waals surface area (Å²) in [4.78, 5) is 0. The van der Waals surface area contributed by atoms with Crippen molar-refractivity contribution < 1.29 is 25.5 Å². The van der Waals surface area contributed by atoms with Crippen LogP contribution < -0.4 is 0 Å². The first kappa shape index (κ1) is 24.9. The normalized spacial score (nSPS) is 51.3. The van der Waals surface area contributed by atoms with Crippen LogP contribution in [0.5, 0.6) is 0 Å². The van der Waals surface area contributed by atoms with E-state index in [4.69, 9.17) is 0 Å². The number of rotatable bonds is 6. The molecule has 5 N–H and O–H groups in total. The molecule has 4 aliphatic rings. The van der Waals surface area contributed by atoms with Gasteiger partial charge in [0.1, 0.15) is 0 Å². The van der Waals surface area contributed by atoms with Crippen LogP contribution in [0.1, 0.15) is 85.5 Å². The molecule has 4 rings (SSSR count). The first-order valence-corrected chi connectivity index (χ1v) is 13.4. The lowest BCUT2D eigenvalue weighted by atomic mass is 9.43. The largest absolute Gasteiger partial charge is 0.396 e. The molecule has 0 aromatic carbocycles. The molecule has 0 bridgehead atoms. The van der Waals surface area contributed by atoms with E-state index in [-0.39, 0.29) is 47.6 Å². The van der Waals surface area contributed by atoms with Crippen LogP contribution in [0.15, 0.2) is 0 Å². The minimum atomic E-state index is -0.480. The van der Waals surface area contributed by atoms with Crippen LogP contribution in [0.2, 0.25) is 0 Å². The molecule has 186 valence electrons. The molecule has 0 radical (unpaired) electrons. The zero-order chi connectivity index (χ0) is 23.4. The van der Waals surface area contributed by atoms with Gasteiger partial charge in [-0.05, 0) is 104 Å². The van der Waals surface area contributed by atoms with Gasteiger partial charge in [-0.3, -0.25) is 0 Å². The molecule has 0 aromatic heterocycles. The Bertz CT molecular complexity index is 656. The Morgan fingerprint density at radius 2 is 1.62 bits per heavy atom. The summed E-state index contributed by atoms with van der Waals surface area (Å²) in [6.07, 6.45) is 6.54. The van der Waals surface area contributed by atoms with Crippen LogP contribution in [0.3, 0.4) is 0 Å². The minimum absolute atomic E-state index is 0.00915. The van der Waals surface area contributed by atoms with Crippen LogP contribution in [0, 0.1) is 52.3 Å². The molecule has 4 aliphatic carbocycles. The Kier molecular flexibility index (Phi) is 7.09. The number of fused-ring (bicyclic) bond motifs is 5. The Morgan fingerprint density at radius 3 is 2.31 bits per heavy atom. The van der Waals surface area contributed by atoms with Crippen LogP contribution in [0.25, 0.3) is 0 Å². The average molecular weight is 453 g/mol. The molecular weight excluding hydrogens is 404 g/mol. The van der Waals surface area contributed by atoms with E-state index in [0.717, 1.165) is 51.4 Å². The highest BCUT2D eigenvalue weighted by Gasteiger charge is 2.65. The van der Waals surface area contributed by atoms with Crippen molar-refractivity contribution in [1.82, 2.24) is 0 Å². The molecule has 0 heterocycles. The Labute approximate surface area is 194 Å². The lowest BCUT2D eigenvalue weighted by molar-refractivity contribution is -0.207. The summed E-state index contributed by atoms with van der Waals surface area (Å²) in [5.74, 6) is 1.96. The molecule has 0 aliphatic heterocycles. The molecular formula is C27H48O5. The third kappa shape index (κ3) is 3.88. The van der Waals surface area contributed by atoms with Crippen molar-refractivity contribution in [1.29, 1.82) is 0 Å². The van der Waals surface area contributed by atoms with Crippen molar-refractivity contribution in [3.63, 3.8) is 0 Å². The Balaban J connectivity index is 1.53. The van der Waals surface area contributed by atoms with Gasteiger partial charge in [0.15, 0.2) is 0 Å². The fourth-order valence-corrected chi connectivity index (χ4v) is 9.17. The molecule has 0 spiro atoms. The smallest absolute Gasteiger partial charge is 0.0602 e. The van der Waals surface area contributed by atoms with Gasteiger partial charge in [-0.2, -0.15) is 0 Å². The van der Waals surface area contributed by atoms with Gasteiger partial charge >= 0.3 is 0 Å². The zero-order valence-electron chi connectivity index (χ0n) is 20.7. The Hall–Kier alpha value is -0.200. The summed E-state index contributed by atoms with van der Waals surface area (Å²) in [7, 11) is 0. The van der Waals surface area contributed by atoms with Gasteiger partial charge in [0, 0.05) is 12.5 Å². The molecule has 5 nitrogen and oxygen atoms in total. The van der Waals surface area contributed by atoms with Gasteiger partial charge < -0.3 is 25.5 Å². The van der Waals surface area contributed by atoms with Gasteiger partial charge in [0.2, 0.25) is 0 Å². The van der Waals surface area contributed by atoms with Crippen molar-refractivity contribution in [2.24, 2.45) is 52.3 Å². The second kappa shape index (κ2) is 9.11. The fraction of sp³-hybridized carbons (Fsp3) is 1.00.